The van der Waals surface area contributed by atoms with E-state index in [9.17, 15) is 9.59 Å². The smallest absolute Gasteiger partial charge is 0.257 e. The zero-order chi connectivity index (χ0) is 22.1. The molecule has 0 radical (unpaired) electrons. The van der Waals surface area contributed by atoms with E-state index in [-0.39, 0.29) is 5.91 Å². The highest BCUT2D eigenvalue weighted by atomic mass is 35.5. The summed E-state index contributed by atoms with van der Waals surface area (Å²) in [6, 6.07) is 12.2. The molecule has 2 heterocycles. The van der Waals surface area contributed by atoms with Gasteiger partial charge in [-0.2, -0.15) is 0 Å². The summed E-state index contributed by atoms with van der Waals surface area (Å²) in [4.78, 5) is 28.2. The number of rotatable bonds is 5. The first kappa shape index (κ1) is 22.1. The standard InChI is InChI=1S/C22H18Cl3N3O2S/c23-13-7-12(8-14(24)9-13)10-28-6-5-16-18(11-28)31-22(19(16)20(26)29)27-21(30)15-3-1-2-4-17(15)25/h1-4,7-9H,5-6,10-11H2,(H2,26,29)(H,27,30). The zero-order valence-electron chi connectivity index (χ0n) is 16.3. The molecule has 0 atom stereocenters. The number of carbonyl (C=O) groups excluding carboxylic acids is 2. The number of hydrogen-bond acceptors (Lipinski definition) is 4. The second-order valence-corrected chi connectivity index (χ2v) is 9.63. The third-order valence-corrected chi connectivity index (χ3v) is 6.95. The van der Waals surface area contributed by atoms with Gasteiger partial charge in [0.05, 0.1) is 16.1 Å². The SMILES string of the molecule is NC(=O)c1c(NC(=O)c2ccccc2Cl)sc2c1CCN(Cc1cc(Cl)cc(Cl)c1)C2. The number of thiophene rings is 1. The molecule has 0 unspecified atom stereocenters. The van der Waals surface area contributed by atoms with E-state index in [0.29, 0.717) is 50.7 Å². The fourth-order valence-corrected chi connectivity index (χ4v) is 5.80. The Labute approximate surface area is 198 Å². The van der Waals surface area contributed by atoms with Crippen molar-refractivity contribution in [2.75, 3.05) is 11.9 Å². The molecule has 1 aromatic heterocycles. The Morgan fingerprint density at radius 3 is 2.48 bits per heavy atom. The van der Waals surface area contributed by atoms with Crippen LogP contribution in [0.3, 0.4) is 0 Å². The van der Waals surface area contributed by atoms with Crippen molar-refractivity contribution in [1.29, 1.82) is 0 Å². The normalized spacial score (nSPS) is 13.6. The summed E-state index contributed by atoms with van der Waals surface area (Å²) in [5, 5.41) is 4.81. The van der Waals surface area contributed by atoms with E-state index in [1.54, 1.807) is 30.3 Å². The molecule has 4 rings (SSSR count). The fraction of sp³-hybridized carbons (Fsp3) is 0.182. The van der Waals surface area contributed by atoms with E-state index in [4.69, 9.17) is 40.5 Å². The molecular formula is C22H18Cl3N3O2S. The van der Waals surface area contributed by atoms with Crippen LogP contribution in [0.1, 0.15) is 36.7 Å². The van der Waals surface area contributed by atoms with Crippen molar-refractivity contribution in [2.45, 2.75) is 19.5 Å². The third kappa shape index (κ3) is 4.89. The molecule has 0 saturated heterocycles. The van der Waals surface area contributed by atoms with Crippen LogP contribution >= 0.6 is 46.1 Å². The van der Waals surface area contributed by atoms with Crippen LogP contribution in [0.2, 0.25) is 15.1 Å². The summed E-state index contributed by atoms with van der Waals surface area (Å²) in [7, 11) is 0. The number of nitrogens with zero attached hydrogens (tertiary/aromatic N) is 1. The van der Waals surface area contributed by atoms with Gasteiger partial charge in [0, 0.05) is 34.6 Å². The predicted molar refractivity (Wildman–Crippen MR) is 127 cm³/mol. The molecule has 0 fully saturated rings. The molecule has 1 aliphatic rings. The van der Waals surface area contributed by atoms with Gasteiger partial charge in [0.25, 0.3) is 11.8 Å². The highest BCUT2D eigenvalue weighted by molar-refractivity contribution is 7.17. The monoisotopic (exact) mass is 493 g/mol. The van der Waals surface area contributed by atoms with Gasteiger partial charge < -0.3 is 11.1 Å². The number of nitrogens with one attached hydrogen (secondary N) is 1. The maximum Gasteiger partial charge on any atom is 0.257 e. The van der Waals surface area contributed by atoms with Gasteiger partial charge in [-0.3, -0.25) is 14.5 Å². The molecule has 0 bridgehead atoms. The lowest BCUT2D eigenvalue weighted by molar-refractivity contribution is 0.0999. The largest absolute Gasteiger partial charge is 0.365 e. The lowest BCUT2D eigenvalue weighted by Crippen LogP contribution is -2.30. The number of benzene rings is 2. The lowest BCUT2D eigenvalue weighted by Gasteiger charge is -2.27. The molecule has 3 N–H and O–H groups in total. The summed E-state index contributed by atoms with van der Waals surface area (Å²) in [5.41, 5.74) is 8.29. The van der Waals surface area contributed by atoms with E-state index in [1.807, 2.05) is 12.1 Å². The van der Waals surface area contributed by atoms with E-state index >= 15 is 0 Å². The molecule has 5 nitrogen and oxygen atoms in total. The molecule has 2 amide bonds. The molecule has 0 aliphatic carbocycles. The highest BCUT2D eigenvalue weighted by Gasteiger charge is 2.28. The molecule has 31 heavy (non-hydrogen) atoms. The van der Waals surface area contributed by atoms with Crippen LogP contribution in [-0.2, 0) is 19.5 Å². The van der Waals surface area contributed by atoms with Crippen molar-refractivity contribution in [3.63, 3.8) is 0 Å². The Kier molecular flexibility index (Phi) is 6.55. The van der Waals surface area contributed by atoms with E-state index in [2.05, 4.69) is 10.2 Å². The highest BCUT2D eigenvalue weighted by Crippen LogP contribution is 2.38. The molecule has 3 aromatic rings. The van der Waals surface area contributed by atoms with Gasteiger partial charge in [0.15, 0.2) is 0 Å². The van der Waals surface area contributed by atoms with Crippen LogP contribution in [0.5, 0.6) is 0 Å². The number of amides is 2. The van der Waals surface area contributed by atoms with Gasteiger partial charge in [-0.1, -0.05) is 46.9 Å². The number of fused-ring (bicyclic) bond motifs is 1. The van der Waals surface area contributed by atoms with Crippen molar-refractivity contribution in [1.82, 2.24) is 4.90 Å². The van der Waals surface area contributed by atoms with Crippen molar-refractivity contribution < 1.29 is 9.59 Å². The molecular weight excluding hydrogens is 477 g/mol. The van der Waals surface area contributed by atoms with E-state index < -0.39 is 5.91 Å². The Morgan fingerprint density at radius 2 is 1.81 bits per heavy atom. The van der Waals surface area contributed by atoms with E-state index in [0.717, 1.165) is 22.5 Å². The van der Waals surface area contributed by atoms with E-state index in [1.165, 1.54) is 11.3 Å². The molecule has 0 spiro atoms. The minimum absolute atomic E-state index is 0.338. The van der Waals surface area contributed by atoms with Crippen LogP contribution in [0.25, 0.3) is 0 Å². The number of halogens is 3. The fourth-order valence-electron chi connectivity index (χ4n) is 3.72. The third-order valence-electron chi connectivity index (χ3n) is 5.06. The Bertz CT molecular complexity index is 1160. The molecule has 160 valence electrons. The van der Waals surface area contributed by atoms with Gasteiger partial charge in [-0.15, -0.1) is 11.3 Å². The predicted octanol–water partition coefficient (Wildman–Crippen LogP) is 5.62. The van der Waals surface area contributed by atoms with Gasteiger partial charge >= 0.3 is 0 Å². The molecule has 9 heteroatoms. The summed E-state index contributed by atoms with van der Waals surface area (Å²) < 4.78 is 0. The summed E-state index contributed by atoms with van der Waals surface area (Å²) >= 11 is 19.7. The van der Waals surface area contributed by atoms with Crippen LogP contribution in [0.15, 0.2) is 42.5 Å². The Morgan fingerprint density at radius 1 is 1.10 bits per heavy atom. The molecule has 2 aromatic carbocycles. The van der Waals surface area contributed by atoms with Crippen molar-refractivity contribution in [3.05, 3.63) is 84.7 Å². The topological polar surface area (TPSA) is 75.4 Å². The quantitative estimate of drug-likeness (QED) is 0.483. The van der Waals surface area contributed by atoms with Gasteiger partial charge in [-0.05, 0) is 47.9 Å². The first-order chi connectivity index (χ1) is 14.8. The first-order valence-electron chi connectivity index (χ1n) is 9.49. The average Bonchev–Trinajstić information content (AvgIpc) is 3.04. The van der Waals surface area contributed by atoms with Crippen LogP contribution < -0.4 is 11.1 Å². The van der Waals surface area contributed by atoms with Crippen molar-refractivity contribution >= 4 is 63.0 Å². The molecule has 0 saturated carbocycles. The Hall–Kier alpha value is -2.09. The maximum absolute atomic E-state index is 12.7. The number of carbonyl (C=O) groups is 2. The van der Waals surface area contributed by atoms with Crippen LogP contribution in [0, 0.1) is 0 Å². The first-order valence-corrected chi connectivity index (χ1v) is 11.4. The second-order valence-electron chi connectivity index (χ2n) is 7.24. The molecule has 1 aliphatic heterocycles. The maximum atomic E-state index is 12.7. The average molecular weight is 495 g/mol. The van der Waals surface area contributed by atoms with Crippen molar-refractivity contribution in [2.24, 2.45) is 5.73 Å². The van der Waals surface area contributed by atoms with Gasteiger partial charge in [0.1, 0.15) is 5.00 Å². The summed E-state index contributed by atoms with van der Waals surface area (Å²) in [6.07, 6.45) is 0.653. The minimum atomic E-state index is -0.554. The number of nitrogens with two attached hydrogens (primary N) is 1. The van der Waals surface area contributed by atoms with Crippen LogP contribution in [-0.4, -0.2) is 23.3 Å². The number of anilines is 1. The van der Waals surface area contributed by atoms with Crippen molar-refractivity contribution in [3.8, 4) is 0 Å². The van der Waals surface area contributed by atoms with Gasteiger partial charge in [0.2, 0.25) is 0 Å². The van der Waals surface area contributed by atoms with Crippen LogP contribution in [0.4, 0.5) is 5.00 Å². The zero-order valence-corrected chi connectivity index (χ0v) is 19.3. The minimum Gasteiger partial charge on any atom is -0.365 e. The number of hydrogen-bond donors (Lipinski definition) is 2. The summed E-state index contributed by atoms with van der Waals surface area (Å²) in [6.45, 7) is 2.04. The van der Waals surface area contributed by atoms with Gasteiger partial charge in [-0.25, -0.2) is 0 Å². The summed E-state index contributed by atoms with van der Waals surface area (Å²) in [5.74, 6) is -0.931. The Balaban J connectivity index is 1.57. The second kappa shape index (κ2) is 9.18. The lowest BCUT2D eigenvalue weighted by atomic mass is 10.0. The number of primary amides is 1.